The lowest BCUT2D eigenvalue weighted by Crippen LogP contribution is -2.11. The van der Waals surface area contributed by atoms with E-state index in [0.29, 0.717) is 0 Å². The molecule has 2 heteroatoms. The van der Waals surface area contributed by atoms with Gasteiger partial charge in [0.2, 0.25) is 0 Å². The molecule has 0 aliphatic heterocycles. The summed E-state index contributed by atoms with van der Waals surface area (Å²) in [6.45, 7) is 5.90. The Labute approximate surface area is 82.6 Å². The van der Waals surface area contributed by atoms with Crippen molar-refractivity contribution in [3.63, 3.8) is 0 Å². The highest BCUT2D eigenvalue weighted by atomic mass is 16.1. The summed E-state index contributed by atoms with van der Waals surface area (Å²) in [5.74, 6) is 0. The molecule has 2 nitrogen and oxygen atoms in total. The summed E-state index contributed by atoms with van der Waals surface area (Å²) >= 11 is 0. The van der Waals surface area contributed by atoms with Gasteiger partial charge in [-0.05, 0) is 38.5 Å². The maximum atomic E-state index is 11.5. The number of rotatable bonds is 0. The van der Waals surface area contributed by atoms with Gasteiger partial charge in [0.1, 0.15) is 0 Å². The van der Waals surface area contributed by atoms with E-state index in [1.807, 2.05) is 26.0 Å². The Balaban J connectivity index is 2.99. The molecule has 1 N–H and O–H groups in total. The zero-order chi connectivity index (χ0) is 10.3. The minimum Gasteiger partial charge on any atom is -0.322 e. The molecule has 1 aromatic carbocycles. The van der Waals surface area contributed by atoms with E-state index >= 15 is 0 Å². The molecule has 0 saturated carbocycles. The predicted octanol–water partition coefficient (Wildman–Crippen LogP) is 2.45. The van der Waals surface area contributed by atoms with Crippen LogP contribution in [0.5, 0.6) is 0 Å². The second kappa shape index (κ2) is 2.98. The van der Waals surface area contributed by atoms with E-state index in [1.165, 1.54) is 5.56 Å². The van der Waals surface area contributed by atoms with E-state index in [4.69, 9.17) is 0 Å². The number of aromatic amines is 1. The van der Waals surface area contributed by atoms with E-state index < -0.39 is 0 Å². The van der Waals surface area contributed by atoms with Crippen molar-refractivity contribution in [3.05, 3.63) is 45.2 Å². The Hall–Kier alpha value is -1.57. The lowest BCUT2D eigenvalue weighted by atomic mass is 10.0. The van der Waals surface area contributed by atoms with Gasteiger partial charge < -0.3 is 4.98 Å². The molecule has 1 heterocycles. The summed E-state index contributed by atoms with van der Waals surface area (Å²) in [5.41, 5.74) is 4.03. The van der Waals surface area contributed by atoms with Crippen molar-refractivity contribution in [2.45, 2.75) is 20.8 Å². The third-order valence-corrected chi connectivity index (χ3v) is 2.73. The van der Waals surface area contributed by atoms with Crippen LogP contribution in [-0.2, 0) is 0 Å². The third-order valence-electron chi connectivity index (χ3n) is 2.73. The summed E-state index contributed by atoms with van der Waals surface area (Å²) in [6, 6.07) is 6.07. The quantitative estimate of drug-likeness (QED) is 0.675. The Bertz CT molecular complexity index is 552. The molecule has 0 saturated heterocycles. The van der Waals surface area contributed by atoms with Crippen LogP contribution in [0.3, 0.4) is 0 Å². The van der Waals surface area contributed by atoms with Gasteiger partial charge >= 0.3 is 0 Å². The molecule has 0 amide bonds. The van der Waals surface area contributed by atoms with Crippen LogP contribution in [-0.4, -0.2) is 4.98 Å². The van der Waals surface area contributed by atoms with Crippen LogP contribution in [0.1, 0.15) is 16.7 Å². The molecular weight excluding hydrogens is 174 g/mol. The number of benzene rings is 1. The van der Waals surface area contributed by atoms with Gasteiger partial charge in [-0.25, -0.2) is 0 Å². The van der Waals surface area contributed by atoms with Crippen LogP contribution >= 0.6 is 0 Å². The molecular formula is C12H13NO. The van der Waals surface area contributed by atoms with Crippen molar-refractivity contribution >= 4 is 10.9 Å². The highest BCUT2D eigenvalue weighted by molar-refractivity contribution is 5.83. The fourth-order valence-electron chi connectivity index (χ4n) is 1.67. The topological polar surface area (TPSA) is 32.9 Å². The van der Waals surface area contributed by atoms with Crippen LogP contribution in [0.4, 0.5) is 0 Å². The fourth-order valence-corrected chi connectivity index (χ4v) is 1.67. The molecule has 0 bridgehead atoms. The maximum Gasteiger partial charge on any atom is 0.251 e. The number of aromatic nitrogens is 1. The van der Waals surface area contributed by atoms with Gasteiger partial charge in [0.15, 0.2) is 0 Å². The minimum atomic E-state index is 0.0128. The number of H-pyrrole nitrogens is 1. The van der Waals surface area contributed by atoms with Crippen LogP contribution in [0.15, 0.2) is 23.0 Å². The Morgan fingerprint density at radius 1 is 1.07 bits per heavy atom. The van der Waals surface area contributed by atoms with Gasteiger partial charge in [0.05, 0.1) is 0 Å². The number of pyridine rings is 1. The van der Waals surface area contributed by atoms with Crippen molar-refractivity contribution < 1.29 is 0 Å². The maximum absolute atomic E-state index is 11.5. The predicted molar refractivity (Wildman–Crippen MR) is 58.8 cm³/mol. The van der Waals surface area contributed by atoms with Gasteiger partial charge in [-0.3, -0.25) is 4.79 Å². The smallest absolute Gasteiger partial charge is 0.251 e. The first-order valence-electron chi connectivity index (χ1n) is 4.69. The first kappa shape index (κ1) is 9.00. The summed E-state index contributed by atoms with van der Waals surface area (Å²) in [6.07, 6.45) is 0. The summed E-state index contributed by atoms with van der Waals surface area (Å²) in [5, 5.41) is 1.14. The largest absolute Gasteiger partial charge is 0.322 e. The molecule has 0 aliphatic carbocycles. The second-order valence-electron chi connectivity index (χ2n) is 3.75. The van der Waals surface area contributed by atoms with Gasteiger partial charge in [0.25, 0.3) is 5.56 Å². The molecule has 2 aromatic rings. The highest BCUT2D eigenvalue weighted by Crippen LogP contribution is 2.17. The number of nitrogens with one attached hydrogen (secondary N) is 1. The normalized spacial score (nSPS) is 10.8. The number of hydrogen-bond donors (Lipinski definition) is 1. The molecule has 72 valence electrons. The van der Waals surface area contributed by atoms with Crippen LogP contribution in [0, 0.1) is 20.8 Å². The highest BCUT2D eigenvalue weighted by Gasteiger charge is 2.04. The minimum absolute atomic E-state index is 0.0128. The van der Waals surface area contributed by atoms with E-state index in [1.54, 1.807) is 0 Å². The molecule has 2 rings (SSSR count). The van der Waals surface area contributed by atoms with Gasteiger partial charge in [0, 0.05) is 16.5 Å². The lowest BCUT2D eigenvalue weighted by Gasteiger charge is -2.05. The van der Waals surface area contributed by atoms with Gasteiger partial charge in [-0.1, -0.05) is 11.6 Å². The van der Waals surface area contributed by atoms with Crippen LogP contribution < -0.4 is 5.56 Å². The molecule has 0 aliphatic rings. The Morgan fingerprint density at radius 2 is 1.79 bits per heavy atom. The molecule has 0 radical (unpaired) electrons. The number of fused-ring (bicyclic) bond motifs is 1. The molecule has 0 unspecified atom stereocenters. The van der Waals surface area contributed by atoms with Crippen molar-refractivity contribution in [1.82, 2.24) is 4.98 Å². The van der Waals surface area contributed by atoms with Gasteiger partial charge in [-0.15, -0.1) is 0 Å². The van der Waals surface area contributed by atoms with Crippen molar-refractivity contribution in [1.29, 1.82) is 0 Å². The van der Waals surface area contributed by atoms with E-state index in [2.05, 4.69) is 18.0 Å². The molecule has 0 fully saturated rings. The zero-order valence-corrected chi connectivity index (χ0v) is 8.64. The monoisotopic (exact) mass is 187 g/mol. The van der Waals surface area contributed by atoms with Gasteiger partial charge in [-0.2, -0.15) is 0 Å². The SMILES string of the molecule is Cc1ccc2[nH]c(=O)c(C)c(C)c2c1. The number of aryl methyl sites for hydroxylation is 2. The molecule has 0 atom stereocenters. The summed E-state index contributed by atoms with van der Waals surface area (Å²) in [4.78, 5) is 14.4. The first-order chi connectivity index (χ1) is 6.59. The Kier molecular flexibility index (Phi) is 1.92. The average Bonchev–Trinajstić information content (AvgIpc) is 2.16. The molecule has 14 heavy (non-hydrogen) atoms. The average molecular weight is 187 g/mol. The standard InChI is InChI=1S/C12H13NO/c1-7-4-5-11-10(6-7)8(2)9(3)12(14)13-11/h4-6H,1-3H3,(H,13,14). The van der Waals surface area contributed by atoms with E-state index in [0.717, 1.165) is 22.0 Å². The zero-order valence-electron chi connectivity index (χ0n) is 8.64. The van der Waals surface area contributed by atoms with E-state index in [-0.39, 0.29) is 5.56 Å². The van der Waals surface area contributed by atoms with Crippen LogP contribution in [0.2, 0.25) is 0 Å². The Morgan fingerprint density at radius 3 is 2.50 bits per heavy atom. The second-order valence-corrected chi connectivity index (χ2v) is 3.75. The van der Waals surface area contributed by atoms with E-state index in [9.17, 15) is 4.79 Å². The summed E-state index contributed by atoms with van der Waals surface area (Å²) in [7, 11) is 0. The van der Waals surface area contributed by atoms with Crippen molar-refractivity contribution in [3.8, 4) is 0 Å². The molecule has 0 spiro atoms. The van der Waals surface area contributed by atoms with Crippen molar-refractivity contribution in [2.75, 3.05) is 0 Å². The fraction of sp³-hybridized carbons (Fsp3) is 0.250. The third kappa shape index (κ3) is 1.23. The summed E-state index contributed by atoms with van der Waals surface area (Å²) < 4.78 is 0. The number of hydrogen-bond acceptors (Lipinski definition) is 1. The molecule has 1 aromatic heterocycles. The van der Waals surface area contributed by atoms with Crippen LogP contribution in [0.25, 0.3) is 10.9 Å². The first-order valence-corrected chi connectivity index (χ1v) is 4.69. The lowest BCUT2D eigenvalue weighted by molar-refractivity contribution is 1.20. The van der Waals surface area contributed by atoms with Crippen molar-refractivity contribution in [2.24, 2.45) is 0 Å².